The summed E-state index contributed by atoms with van der Waals surface area (Å²) in [6.07, 6.45) is -0.622. The molecule has 0 spiro atoms. The van der Waals surface area contributed by atoms with Crippen LogP contribution in [0.1, 0.15) is 35.9 Å². The van der Waals surface area contributed by atoms with Gasteiger partial charge in [-0.15, -0.1) is 0 Å². The van der Waals surface area contributed by atoms with Crippen LogP contribution in [0.15, 0.2) is 36.4 Å². The Kier molecular flexibility index (Phi) is 2.75. The van der Waals surface area contributed by atoms with E-state index in [2.05, 4.69) is 0 Å². The Morgan fingerprint density at radius 1 is 1.19 bits per heavy atom. The fourth-order valence-corrected chi connectivity index (χ4v) is 2.03. The molecule has 0 aliphatic rings. The summed E-state index contributed by atoms with van der Waals surface area (Å²) in [5, 5.41) is 11.6. The number of Topliss-reactive ketones (excluding diaryl/α,β-unsaturated/α-hetero) is 1. The molecule has 2 heteroatoms. The molecule has 0 aliphatic heterocycles. The van der Waals surface area contributed by atoms with Crippen molar-refractivity contribution in [3.63, 3.8) is 0 Å². The highest BCUT2D eigenvalue weighted by Gasteiger charge is 2.14. The van der Waals surface area contributed by atoms with E-state index in [9.17, 15) is 9.90 Å². The number of ketones is 1. The van der Waals surface area contributed by atoms with Crippen molar-refractivity contribution in [1.29, 1.82) is 0 Å². The quantitative estimate of drug-likeness (QED) is 0.780. The smallest absolute Gasteiger partial charge is 0.160 e. The Morgan fingerprint density at radius 2 is 1.88 bits per heavy atom. The SMILES string of the molecule is CC(=O)c1c([C@H](C)O)ccc2ccccc12. The van der Waals surface area contributed by atoms with Crippen molar-refractivity contribution in [2.45, 2.75) is 20.0 Å². The average molecular weight is 214 g/mol. The molecule has 82 valence electrons. The Bertz CT molecular complexity index is 541. The maximum absolute atomic E-state index is 11.7. The zero-order valence-corrected chi connectivity index (χ0v) is 9.40. The Balaban J connectivity index is 2.84. The van der Waals surface area contributed by atoms with Gasteiger partial charge in [-0.05, 0) is 30.2 Å². The normalized spacial score (nSPS) is 12.7. The Morgan fingerprint density at radius 3 is 2.50 bits per heavy atom. The van der Waals surface area contributed by atoms with E-state index in [1.807, 2.05) is 36.4 Å². The molecule has 16 heavy (non-hydrogen) atoms. The number of benzene rings is 2. The van der Waals surface area contributed by atoms with E-state index in [1.165, 1.54) is 6.92 Å². The molecule has 1 atom stereocenters. The van der Waals surface area contributed by atoms with Crippen LogP contribution in [0.25, 0.3) is 10.8 Å². The first kappa shape index (κ1) is 10.8. The van der Waals surface area contributed by atoms with Gasteiger partial charge in [-0.25, -0.2) is 0 Å². The van der Waals surface area contributed by atoms with Crippen molar-refractivity contribution >= 4 is 16.6 Å². The van der Waals surface area contributed by atoms with E-state index in [1.54, 1.807) is 6.92 Å². The number of carbonyl (C=O) groups is 1. The first-order valence-electron chi connectivity index (χ1n) is 5.32. The highest BCUT2D eigenvalue weighted by atomic mass is 16.3. The van der Waals surface area contributed by atoms with Crippen LogP contribution < -0.4 is 0 Å². The maximum atomic E-state index is 11.7. The van der Waals surface area contributed by atoms with Gasteiger partial charge in [0.15, 0.2) is 5.78 Å². The van der Waals surface area contributed by atoms with Gasteiger partial charge in [0.1, 0.15) is 0 Å². The fraction of sp³-hybridized carbons (Fsp3) is 0.214. The summed E-state index contributed by atoms with van der Waals surface area (Å²) in [6.45, 7) is 3.21. The van der Waals surface area contributed by atoms with Crippen LogP contribution in [0.3, 0.4) is 0 Å². The lowest BCUT2D eigenvalue weighted by Gasteiger charge is -2.12. The molecule has 0 amide bonds. The van der Waals surface area contributed by atoms with Crippen LogP contribution in [-0.4, -0.2) is 10.9 Å². The third-order valence-corrected chi connectivity index (χ3v) is 2.76. The summed E-state index contributed by atoms with van der Waals surface area (Å²) >= 11 is 0. The van der Waals surface area contributed by atoms with E-state index in [4.69, 9.17) is 0 Å². The summed E-state index contributed by atoms with van der Waals surface area (Å²) in [5.74, 6) is -0.00676. The molecule has 0 unspecified atom stereocenters. The lowest BCUT2D eigenvalue weighted by Crippen LogP contribution is -2.03. The van der Waals surface area contributed by atoms with Gasteiger partial charge in [-0.1, -0.05) is 36.4 Å². The summed E-state index contributed by atoms with van der Waals surface area (Å²) in [4.78, 5) is 11.7. The van der Waals surface area contributed by atoms with Gasteiger partial charge in [-0.3, -0.25) is 4.79 Å². The summed E-state index contributed by atoms with van der Waals surface area (Å²) in [6, 6.07) is 11.5. The summed E-state index contributed by atoms with van der Waals surface area (Å²) in [7, 11) is 0. The van der Waals surface area contributed by atoms with Gasteiger partial charge in [0, 0.05) is 5.56 Å². The van der Waals surface area contributed by atoms with Gasteiger partial charge in [0.05, 0.1) is 6.10 Å². The van der Waals surface area contributed by atoms with E-state index in [0.717, 1.165) is 10.8 Å². The van der Waals surface area contributed by atoms with Crippen LogP contribution in [-0.2, 0) is 0 Å². The molecule has 2 rings (SSSR count). The number of hydrogen-bond donors (Lipinski definition) is 1. The number of rotatable bonds is 2. The minimum absolute atomic E-state index is 0.00676. The van der Waals surface area contributed by atoms with Crippen molar-refractivity contribution in [3.05, 3.63) is 47.5 Å². The molecule has 2 aromatic carbocycles. The van der Waals surface area contributed by atoms with Gasteiger partial charge < -0.3 is 5.11 Å². The topological polar surface area (TPSA) is 37.3 Å². The zero-order chi connectivity index (χ0) is 11.7. The summed E-state index contributed by atoms with van der Waals surface area (Å²) in [5.41, 5.74) is 1.33. The molecule has 0 radical (unpaired) electrons. The number of aliphatic hydroxyl groups excluding tert-OH is 1. The second-order valence-electron chi connectivity index (χ2n) is 3.98. The third-order valence-electron chi connectivity index (χ3n) is 2.76. The van der Waals surface area contributed by atoms with Crippen LogP contribution in [0.2, 0.25) is 0 Å². The highest BCUT2D eigenvalue weighted by molar-refractivity contribution is 6.08. The fourth-order valence-electron chi connectivity index (χ4n) is 2.03. The van der Waals surface area contributed by atoms with E-state index in [0.29, 0.717) is 11.1 Å². The van der Waals surface area contributed by atoms with Crippen molar-refractivity contribution in [3.8, 4) is 0 Å². The number of carbonyl (C=O) groups excluding carboxylic acids is 1. The molecule has 0 heterocycles. The molecule has 2 aromatic rings. The standard InChI is InChI=1S/C14H14O2/c1-9(15)12-8-7-11-5-3-4-6-13(11)14(12)10(2)16/h3-9,15H,1-2H3/t9-/m0/s1. The molecule has 0 bridgehead atoms. The second kappa shape index (κ2) is 4.06. The molecular formula is C14H14O2. The minimum Gasteiger partial charge on any atom is -0.389 e. The van der Waals surface area contributed by atoms with E-state index in [-0.39, 0.29) is 5.78 Å². The molecule has 0 saturated heterocycles. The molecule has 1 N–H and O–H groups in total. The van der Waals surface area contributed by atoms with E-state index < -0.39 is 6.10 Å². The van der Waals surface area contributed by atoms with Crippen LogP contribution in [0.4, 0.5) is 0 Å². The molecule has 0 fully saturated rings. The minimum atomic E-state index is -0.622. The van der Waals surface area contributed by atoms with Gasteiger partial charge >= 0.3 is 0 Å². The van der Waals surface area contributed by atoms with Crippen LogP contribution >= 0.6 is 0 Å². The van der Waals surface area contributed by atoms with E-state index >= 15 is 0 Å². The van der Waals surface area contributed by atoms with Crippen molar-refractivity contribution in [2.75, 3.05) is 0 Å². The lowest BCUT2D eigenvalue weighted by molar-refractivity contribution is 0.101. The monoisotopic (exact) mass is 214 g/mol. The second-order valence-corrected chi connectivity index (χ2v) is 3.98. The number of hydrogen-bond acceptors (Lipinski definition) is 2. The predicted octanol–water partition coefficient (Wildman–Crippen LogP) is 3.10. The zero-order valence-electron chi connectivity index (χ0n) is 9.40. The molecular weight excluding hydrogens is 200 g/mol. The molecule has 0 saturated carbocycles. The highest BCUT2D eigenvalue weighted by Crippen LogP contribution is 2.26. The van der Waals surface area contributed by atoms with Gasteiger partial charge in [0.2, 0.25) is 0 Å². The van der Waals surface area contributed by atoms with Crippen molar-refractivity contribution in [2.24, 2.45) is 0 Å². The molecule has 2 nitrogen and oxygen atoms in total. The molecule has 0 aromatic heterocycles. The average Bonchev–Trinajstić information content (AvgIpc) is 2.27. The third kappa shape index (κ3) is 1.72. The van der Waals surface area contributed by atoms with Crippen molar-refractivity contribution in [1.82, 2.24) is 0 Å². The van der Waals surface area contributed by atoms with Crippen LogP contribution in [0.5, 0.6) is 0 Å². The Labute approximate surface area is 94.5 Å². The molecule has 0 aliphatic carbocycles. The number of fused-ring (bicyclic) bond motifs is 1. The number of aliphatic hydroxyl groups is 1. The maximum Gasteiger partial charge on any atom is 0.160 e. The Hall–Kier alpha value is -1.67. The predicted molar refractivity (Wildman–Crippen MR) is 64.6 cm³/mol. The van der Waals surface area contributed by atoms with Crippen molar-refractivity contribution < 1.29 is 9.90 Å². The van der Waals surface area contributed by atoms with Gasteiger partial charge in [0.25, 0.3) is 0 Å². The summed E-state index contributed by atoms with van der Waals surface area (Å²) < 4.78 is 0. The first-order chi connectivity index (χ1) is 7.61. The first-order valence-corrected chi connectivity index (χ1v) is 5.32. The lowest BCUT2D eigenvalue weighted by atomic mass is 9.94. The largest absolute Gasteiger partial charge is 0.389 e. The van der Waals surface area contributed by atoms with Crippen LogP contribution in [0, 0.1) is 0 Å². The van der Waals surface area contributed by atoms with Gasteiger partial charge in [-0.2, -0.15) is 0 Å².